The summed E-state index contributed by atoms with van der Waals surface area (Å²) in [5.74, 6) is -2.77. The molecule has 0 radical (unpaired) electrons. The molecule has 2 atom stereocenters. The number of hydrogen-bond acceptors (Lipinski definition) is 5. The van der Waals surface area contributed by atoms with Crippen molar-refractivity contribution in [3.05, 3.63) is 0 Å². The van der Waals surface area contributed by atoms with Crippen LogP contribution in [0, 0.1) is 0 Å². The van der Waals surface area contributed by atoms with Crippen LogP contribution in [-0.2, 0) is 9.59 Å². The number of aliphatic carboxylic acids is 1. The molecular formula is C12H21N3O6. The van der Waals surface area contributed by atoms with E-state index in [1.807, 2.05) is 0 Å². The quantitative estimate of drug-likeness (QED) is 0.672. The van der Waals surface area contributed by atoms with Crippen molar-refractivity contribution in [3.63, 3.8) is 0 Å². The summed E-state index contributed by atoms with van der Waals surface area (Å²) in [4.78, 5) is 49.3. The maximum atomic E-state index is 12.1. The molecule has 0 aromatic carbocycles. The highest BCUT2D eigenvalue weighted by Gasteiger charge is 2.43. The van der Waals surface area contributed by atoms with Gasteiger partial charge in [0.2, 0.25) is 5.60 Å². The number of carboxylic acid groups (broad SMARTS) is 1. The first kappa shape index (κ1) is 18.8. The van der Waals surface area contributed by atoms with E-state index in [0.717, 1.165) is 16.7 Å². The number of amides is 4. The Morgan fingerprint density at radius 3 is 1.76 bits per heavy atom. The number of imide groups is 1. The standard InChI is InChI=1S/C12H21N3O6/c1-7(8(16)12(2,21)9(17)18)14(5)11(20)15(6)10(19)13(3)4/h7,21H,1-6H3,(H,17,18)/t7-,12-/m0/s1. The Balaban J connectivity index is 5.14. The summed E-state index contributed by atoms with van der Waals surface area (Å²) in [6.45, 7) is 2.10. The molecule has 2 N–H and O–H groups in total. The number of hydrogen-bond donors (Lipinski definition) is 2. The van der Waals surface area contributed by atoms with Crippen LogP contribution in [0.4, 0.5) is 9.59 Å². The maximum Gasteiger partial charge on any atom is 0.343 e. The molecule has 0 bridgehead atoms. The Morgan fingerprint density at radius 1 is 1.00 bits per heavy atom. The first-order valence-electron chi connectivity index (χ1n) is 6.07. The molecule has 0 aromatic heterocycles. The number of carbonyl (C=O) groups excluding carboxylic acids is 3. The van der Waals surface area contributed by atoms with Crippen LogP contribution in [0.15, 0.2) is 0 Å². The smallest absolute Gasteiger partial charge is 0.343 e. The highest BCUT2D eigenvalue weighted by molar-refractivity contribution is 6.09. The largest absolute Gasteiger partial charge is 0.479 e. The molecule has 21 heavy (non-hydrogen) atoms. The van der Waals surface area contributed by atoms with E-state index in [1.165, 1.54) is 40.0 Å². The van der Waals surface area contributed by atoms with E-state index in [0.29, 0.717) is 0 Å². The third-order valence-corrected chi connectivity index (χ3v) is 3.11. The monoisotopic (exact) mass is 303 g/mol. The van der Waals surface area contributed by atoms with Crippen LogP contribution in [0.3, 0.4) is 0 Å². The number of Topliss-reactive ketones (excluding diaryl/α,β-unsaturated/α-hetero) is 1. The second-order valence-electron chi connectivity index (χ2n) is 5.05. The lowest BCUT2D eigenvalue weighted by Gasteiger charge is -2.31. The Morgan fingerprint density at radius 2 is 1.43 bits per heavy atom. The summed E-state index contributed by atoms with van der Waals surface area (Å²) in [7, 11) is 5.38. The second-order valence-corrected chi connectivity index (χ2v) is 5.05. The number of aliphatic hydroxyl groups is 1. The predicted octanol–water partition coefficient (Wildman–Crippen LogP) is -0.555. The lowest BCUT2D eigenvalue weighted by molar-refractivity contribution is -0.164. The van der Waals surface area contributed by atoms with Crippen LogP contribution in [0.2, 0.25) is 0 Å². The molecule has 0 fully saturated rings. The van der Waals surface area contributed by atoms with Crippen LogP contribution < -0.4 is 0 Å². The Labute approximate surface area is 122 Å². The number of carbonyl (C=O) groups is 4. The molecule has 0 rings (SSSR count). The van der Waals surface area contributed by atoms with Gasteiger partial charge in [0.25, 0.3) is 0 Å². The minimum atomic E-state index is -2.61. The van der Waals surface area contributed by atoms with Gasteiger partial charge in [-0.1, -0.05) is 0 Å². The minimum Gasteiger partial charge on any atom is -0.479 e. The lowest BCUT2D eigenvalue weighted by Crippen LogP contribution is -2.56. The van der Waals surface area contributed by atoms with Gasteiger partial charge in [0.05, 0.1) is 6.04 Å². The molecule has 9 nitrogen and oxygen atoms in total. The fraction of sp³-hybridized carbons (Fsp3) is 0.667. The molecule has 0 aliphatic heterocycles. The van der Waals surface area contributed by atoms with Crippen LogP contribution in [-0.4, -0.2) is 88.6 Å². The molecule has 0 aliphatic rings. The van der Waals surface area contributed by atoms with Crippen molar-refractivity contribution in [1.82, 2.24) is 14.7 Å². The highest BCUT2D eigenvalue weighted by Crippen LogP contribution is 2.13. The van der Waals surface area contributed by atoms with E-state index < -0.39 is 35.5 Å². The van der Waals surface area contributed by atoms with Gasteiger partial charge in [-0.2, -0.15) is 0 Å². The zero-order valence-corrected chi connectivity index (χ0v) is 12.9. The summed E-state index contributed by atoms with van der Waals surface area (Å²) in [5.41, 5.74) is -2.61. The second kappa shape index (κ2) is 6.53. The third-order valence-electron chi connectivity index (χ3n) is 3.11. The van der Waals surface area contributed by atoms with Crippen LogP contribution in [0.1, 0.15) is 13.8 Å². The zero-order valence-electron chi connectivity index (χ0n) is 12.9. The van der Waals surface area contributed by atoms with Crippen molar-refractivity contribution in [2.75, 3.05) is 28.2 Å². The Kier molecular flexibility index (Phi) is 5.86. The number of nitrogens with zero attached hydrogens (tertiary/aromatic N) is 3. The molecule has 0 aromatic rings. The van der Waals surface area contributed by atoms with Crippen LogP contribution in [0.5, 0.6) is 0 Å². The molecule has 0 saturated carbocycles. The van der Waals surface area contributed by atoms with Crippen molar-refractivity contribution in [3.8, 4) is 0 Å². The Hall–Kier alpha value is -2.16. The molecule has 0 unspecified atom stereocenters. The highest BCUT2D eigenvalue weighted by atomic mass is 16.4. The van der Waals surface area contributed by atoms with Gasteiger partial charge in [0.15, 0.2) is 5.78 Å². The van der Waals surface area contributed by atoms with E-state index in [9.17, 15) is 24.3 Å². The van der Waals surface area contributed by atoms with Gasteiger partial charge in [-0.15, -0.1) is 0 Å². The SMILES string of the molecule is C[C@@H](C(=O)[C@](C)(O)C(=O)O)N(C)C(=O)N(C)C(=O)N(C)C. The van der Waals surface area contributed by atoms with Gasteiger partial charge in [-0.3, -0.25) is 4.79 Å². The fourth-order valence-corrected chi connectivity index (χ4v) is 1.47. The van der Waals surface area contributed by atoms with Gasteiger partial charge >= 0.3 is 18.0 Å². The molecule has 0 aliphatic carbocycles. The van der Waals surface area contributed by atoms with Crippen LogP contribution >= 0.6 is 0 Å². The first-order valence-corrected chi connectivity index (χ1v) is 6.07. The molecule has 4 amide bonds. The number of likely N-dealkylation sites (N-methyl/N-ethyl adjacent to an activating group) is 1. The molecule has 0 heterocycles. The third kappa shape index (κ3) is 3.91. The van der Waals surface area contributed by atoms with Crippen LogP contribution in [0.25, 0.3) is 0 Å². The average Bonchev–Trinajstić information content (AvgIpc) is 2.41. The number of carboxylic acids is 1. The van der Waals surface area contributed by atoms with Gasteiger partial charge in [0.1, 0.15) is 0 Å². The molecule has 120 valence electrons. The Bertz CT molecular complexity index is 460. The summed E-state index contributed by atoms with van der Waals surface area (Å²) in [6, 6.07) is -2.62. The topological polar surface area (TPSA) is 118 Å². The average molecular weight is 303 g/mol. The molecular weight excluding hydrogens is 282 g/mol. The van der Waals surface area contributed by atoms with Crippen molar-refractivity contribution in [1.29, 1.82) is 0 Å². The number of ketones is 1. The van der Waals surface area contributed by atoms with Crippen molar-refractivity contribution in [2.45, 2.75) is 25.5 Å². The van der Waals surface area contributed by atoms with E-state index in [2.05, 4.69) is 0 Å². The predicted molar refractivity (Wildman–Crippen MR) is 72.7 cm³/mol. The minimum absolute atomic E-state index is 0.600. The van der Waals surface area contributed by atoms with E-state index in [1.54, 1.807) is 0 Å². The number of rotatable bonds is 4. The molecule has 9 heteroatoms. The normalized spacial score (nSPS) is 14.6. The van der Waals surface area contributed by atoms with Crippen molar-refractivity contribution in [2.24, 2.45) is 0 Å². The van der Waals surface area contributed by atoms with Gasteiger partial charge in [-0.25, -0.2) is 19.3 Å². The van der Waals surface area contributed by atoms with Gasteiger partial charge in [0, 0.05) is 28.2 Å². The summed E-state index contributed by atoms with van der Waals surface area (Å²) >= 11 is 0. The fourth-order valence-electron chi connectivity index (χ4n) is 1.47. The number of urea groups is 2. The maximum absolute atomic E-state index is 12.1. The summed E-state index contributed by atoms with van der Waals surface area (Å²) in [5, 5.41) is 18.4. The van der Waals surface area contributed by atoms with Gasteiger partial charge in [-0.05, 0) is 13.8 Å². The first-order chi connectivity index (χ1) is 9.35. The van der Waals surface area contributed by atoms with E-state index in [-0.39, 0.29) is 0 Å². The van der Waals surface area contributed by atoms with E-state index >= 15 is 0 Å². The van der Waals surface area contributed by atoms with Crippen molar-refractivity contribution >= 4 is 23.8 Å². The summed E-state index contributed by atoms with van der Waals surface area (Å²) < 4.78 is 0. The lowest BCUT2D eigenvalue weighted by atomic mass is 9.95. The van der Waals surface area contributed by atoms with Crippen molar-refractivity contribution < 1.29 is 29.4 Å². The van der Waals surface area contributed by atoms with Gasteiger partial charge < -0.3 is 20.0 Å². The summed E-state index contributed by atoms with van der Waals surface area (Å²) in [6.07, 6.45) is 0. The van der Waals surface area contributed by atoms with E-state index in [4.69, 9.17) is 5.11 Å². The molecule has 0 saturated heterocycles. The zero-order chi connectivity index (χ0) is 17.1. The molecule has 0 spiro atoms.